The van der Waals surface area contributed by atoms with Gasteiger partial charge in [0, 0.05) is 30.0 Å². The number of piperidine rings is 2. The molecule has 0 aliphatic carbocycles. The minimum absolute atomic E-state index is 0.0345. The molecule has 0 radical (unpaired) electrons. The molecule has 27 heavy (non-hydrogen) atoms. The second-order valence-corrected chi connectivity index (χ2v) is 7.93. The molecular formula is C23H29N2O2+. The maximum atomic E-state index is 12.6. The van der Waals surface area contributed by atoms with Crippen molar-refractivity contribution in [3.8, 4) is 5.75 Å². The first kappa shape index (κ1) is 18.1. The van der Waals surface area contributed by atoms with Crippen molar-refractivity contribution in [3.63, 3.8) is 0 Å². The Morgan fingerprint density at radius 2 is 1.70 bits per heavy atom. The van der Waals surface area contributed by atoms with Crippen molar-refractivity contribution < 1.29 is 14.4 Å². The summed E-state index contributed by atoms with van der Waals surface area (Å²) in [5, 5.41) is 3.29. The monoisotopic (exact) mass is 365 g/mol. The predicted octanol–water partition coefficient (Wildman–Crippen LogP) is 2.59. The first-order valence-electron chi connectivity index (χ1n) is 10.1. The molecule has 2 saturated heterocycles. The van der Waals surface area contributed by atoms with E-state index < -0.39 is 0 Å². The van der Waals surface area contributed by atoms with Gasteiger partial charge in [-0.2, -0.15) is 0 Å². The van der Waals surface area contributed by atoms with Gasteiger partial charge in [0.15, 0.2) is 0 Å². The molecule has 2 heterocycles. The third kappa shape index (κ3) is 4.16. The van der Waals surface area contributed by atoms with E-state index in [4.69, 9.17) is 4.74 Å². The van der Waals surface area contributed by atoms with Crippen LogP contribution in [0, 0.1) is 0 Å². The van der Waals surface area contributed by atoms with Crippen LogP contribution in [0.5, 0.6) is 5.75 Å². The van der Waals surface area contributed by atoms with Gasteiger partial charge in [-0.3, -0.25) is 4.79 Å². The minimum atomic E-state index is 0.0345. The molecule has 2 unspecified atom stereocenters. The second kappa shape index (κ2) is 8.13. The molecular weight excluding hydrogens is 336 g/mol. The number of methoxy groups -OCH3 is 1. The third-order valence-corrected chi connectivity index (χ3v) is 6.23. The van der Waals surface area contributed by atoms with E-state index in [9.17, 15) is 4.79 Å². The highest BCUT2D eigenvalue weighted by molar-refractivity contribution is 5.94. The third-order valence-electron chi connectivity index (χ3n) is 6.23. The summed E-state index contributed by atoms with van der Waals surface area (Å²) in [6, 6.07) is 19.8. The largest absolute Gasteiger partial charge is 0.497 e. The number of amides is 1. The Labute approximate surface area is 161 Å². The van der Waals surface area contributed by atoms with Crippen LogP contribution in [0.3, 0.4) is 0 Å². The number of ether oxygens (including phenoxy) is 1. The maximum Gasteiger partial charge on any atom is 0.251 e. The summed E-state index contributed by atoms with van der Waals surface area (Å²) < 4.78 is 5.18. The molecule has 0 spiro atoms. The molecule has 0 aromatic heterocycles. The lowest BCUT2D eigenvalue weighted by Crippen LogP contribution is -3.20. The van der Waals surface area contributed by atoms with Crippen molar-refractivity contribution in [1.82, 2.24) is 5.32 Å². The lowest BCUT2D eigenvalue weighted by molar-refractivity contribution is -0.973. The molecule has 4 rings (SSSR count). The van der Waals surface area contributed by atoms with E-state index in [0.717, 1.165) is 25.1 Å². The summed E-state index contributed by atoms with van der Waals surface area (Å²) in [6.45, 7) is 1.11. The Bertz CT molecular complexity index is 746. The second-order valence-electron chi connectivity index (χ2n) is 7.93. The van der Waals surface area contributed by atoms with Gasteiger partial charge in [-0.1, -0.05) is 30.3 Å². The lowest BCUT2D eigenvalue weighted by Gasteiger charge is -2.46. The topological polar surface area (TPSA) is 42.8 Å². The Kier molecular flexibility index (Phi) is 5.44. The van der Waals surface area contributed by atoms with Gasteiger partial charge in [0.2, 0.25) is 0 Å². The van der Waals surface area contributed by atoms with Gasteiger partial charge in [-0.25, -0.2) is 0 Å². The molecule has 2 fully saturated rings. The zero-order valence-corrected chi connectivity index (χ0v) is 16.0. The number of carbonyl (C=O) groups is 1. The van der Waals surface area contributed by atoms with Gasteiger partial charge in [0.25, 0.3) is 5.91 Å². The van der Waals surface area contributed by atoms with Crippen molar-refractivity contribution in [1.29, 1.82) is 0 Å². The van der Waals surface area contributed by atoms with Crippen LogP contribution in [0.2, 0.25) is 0 Å². The zero-order valence-electron chi connectivity index (χ0n) is 16.0. The first-order chi connectivity index (χ1) is 13.2. The fourth-order valence-electron chi connectivity index (χ4n) is 4.89. The molecule has 0 saturated carbocycles. The van der Waals surface area contributed by atoms with E-state index in [0.29, 0.717) is 17.6 Å². The molecule has 2 aliphatic heterocycles. The van der Waals surface area contributed by atoms with Crippen LogP contribution >= 0.6 is 0 Å². The molecule has 1 amide bonds. The number of rotatable bonds is 5. The SMILES string of the molecule is COc1ccc(C(=O)NC2C[C@H]3CCC[C@@H](C2)[NH+]3Cc2ccccc2)cc1. The average molecular weight is 365 g/mol. The molecule has 4 heteroatoms. The van der Waals surface area contributed by atoms with Crippen LogP contribution in [0.15, 0.2) is 54.6 Å². The van der Waals surface area contributed by atoms with E-state index in [-0.39, 0.29) is 11.9 Å². The van der Waals surface area contributed by atoms with Gasteiger partial charge in [0.1, 0.15) is 12.3 Å². The number of carbonyl (C=O) groups excluding carboxylic acids is 1. The van der Waals surface area contributed by atoms with E-state index in [1.807, 2.05) is 24.3 Å². The molecule has 4 nitrogen and oxygen atoms in total. The number of hydrogen-bond donors (Lipinski definition) is 2. The van der Waals surface area contributed by atoms with E-state index >= 15 is 0 Å². The Hall–Kier alpha value is -2.33. The highest BCUT2D eigenvalue weighted by Crippen LogP contribution is 2.23. The average Bonchev–Trinajstić information content (AvgIpc) is 2.69. The highest BCUT2D eigenvalue weighted by Gasteiger charge is 2.42. The van der Waals surface area contributed by atoms with Crippen LogP contribution in [-0.4, -0.2) is 31.1 Å². The maximum absolute atomic E-state index is 12.6. The van der Waals surface area contributed by atoms with Crippen LogP contribution in [0.1, 0.15) is 48.0 Å². The lowest BCUT2D eigenvalue weighted by atomic mass is 9.81. The molecule has 4 atom stereocenters. The van der Waals surface area contributed by atoms with Crippen LogP contribution in [0.4, 0.5) is 0 Å². The van der Waals surface area contributed by atoms with Crippen molar-refractivity contribution in [3.05, 3.63) is 65.7 Å². The zero-order chi connectivity index (χ0) is 18.6. The van der Waals surface area contributed by atoms with Crippen LogP contribution < -0.4 is 15.0 Å². The smallest absolute Gasteiger partial charge is 0.251 e. The number of benzene rings is 2. The minimum Gasteiger partial charge on any atom is -0.497 e. The van der Waals surface area contributed by atoms with Crippen LogP contribution in [0.25, 0.3) is 0 Å². The van der Waals surface area contributed by atoms with E-state index in [2.05, 4.69) is 35.6 Å². The normalized spacial score (nSPS) is 27.0. The van der Waals surface area contributed by atoms with Crippen LogP contribution in [-0.2, 0) is 6.54 Å². The van der Waals surface area contributed by atoms with Crippen molar-refractivity contribution in [2.24, 2.45) is 0 Å². The van der Waals surface area contributed by atoms with Crippen molar-refractivity contribution in [2.45, 2.75) is 56.8 Å². The number of hydrogen-bond acceptors (Lipinski definition) is 2. The molecule has 2 aromatic carbocycles. The molecule has 2 bridgehead atoms. The summed E-state index contributed by atoms with van der Waals surface area (Å²) in [5.74, 6) is 0.811. The number of nitrogens with one attached hydrogen (secondary N) is 2. The first-order valence-corrected chi connectivity index (χ1v) is 10.1. The van der Waals surface area contributed by atoms with Gasteiger partial charge < -0.3 is 15.0 Å². The van der Waals surface area contributed by atoms with Gasteiger partial charge in [-0.05, 0) is 43.5 Å². The summed E-state index contributed by atoms with van der Waals surface area (Å²) >= 11 is 0. The quantitative estimate of drug-likeness (QED) is 0.855. The fraction of sp³-hybridized carbons (Fsp3) is 0.435. The van der Waals surface area contributed by atoms with Gasteiger partial charge >= 0.3 is 0 Å². The Morgan fingerprint density at radius 1 is 1.04 bits per heavy atom. The standard InChI is InChI=1S/C23H28N2O2/c1-27-22-12-10-18(11-13-22)23(26)24-19-14-20-8-5-9-21(15-19)25(20)16-17-6-3-2-4-7-17/h2-4,6-7,10-13,19-21H,5,8-9,14-16H2,1H3,(H,24,26)/p+1/t19?,20-,21+. The molecule has 2 aromatic rings. The fourth-order valence-corrected chi connectivity index (χ4v) is 4.89. The summed E-state index contributed by atoms with van der Waals surface area (Å²) in [5.41, 5.74) is 2.13. The summed E-state index contributed by atoms with van der Waals surface area (Å²) in [7, 11) is 1.64. The van der Waals surface area contributed by atoms with Crippen molar-refractivity contribution >= 4 is 5.91 Å². The Balaban J connectivity index is 1.39. The van der Waals surface area contributed by atoms with Gasteiger partial charge in [-0.15, -0.1) is 0 Å². The summed E-state index contributed by atoms with van der Waals surface area (Å²) in [6.07, 6.45) is 6.04. The molecule has 142 valence electrons. The van der Waals surface area contributed by atoms with E-state index in [1.54, 1.807) is 12.0 Å². The predicted molar refractivity (Wildman–Crippen MR) is 106 cm³/mol. The number of quaternary nitrogens is 1. The van der Waals surface area contributed by atoms with Gasteiger partial charge in [0.05, 0.1) is 19.2 Å². The van der Waals surface area contributed by atoms with E-state index in [1.165, 1.54) is 24.8 Å². The Morgan fingerprint density at radius 3 is 2.33 bits per heavy atom. The highest BCUT2D eigenvalue weighted by atomic mass is 16.5. The molecule has 2 N–H and O–H groups in total. The number of fused-ring (bicyclic) bond motifs is 2. The van der Waals surface area contributed by atoms with Crippen molar-refractivity contribution in [2.75, 3.05) is 7.11 Å². The molecule has 2 aliphatic rings. The summed E-state index contributed by atoms with van der Waals surface area (Å²) in [4.78, 5) is 14.4.